The number of rotatable bonds is 5. The second-order valence-corrected chi connectivity index (χ2v) is 6.73. The number of hydrogen-bond donors (Lipinski definition) is 1. The highest BCUT2D eigenvalue weighted by Gasteiger charge is 2.15. The highest BCUT2D eigenvalue weighted by atomic mass is 17.2. The summed E-state index contributed by atoms with van der Waals surface area (Å²) in [6.45, 7) is 7.13. The number of nitrogens with one attached hydrogen (secondary N) is 1. The van der Waals surface area contributed by atoms with Gasteiger partial charge in [-0.3, -0.25) is 9.78 Å². The lowest BCUT2D eigenvalue weighted by molar-refractivity contribution is -0.210. The molecule has 0 heterocycles. The average Bonchev–Trinajstić information content (AvgIpc) is 2.58. The minimum atomic E-state index is -0.515. The van der Waals surface area contributed by atoms with Crippen LogP contribution in [0.1, 0.15) is 33.3 Å². The first kappa shape index (κ1) is 19.3. The first-order chi connectivity index (χ1) is 12.2. The molecule has 6 nitrogen and oxygen atoms in total. The van der Waals surface area contributed by atoms with Gasteiger partial charge >= 0.3 is 12.1 Å². The average molecular weight is 357 g/mol. The predicted molar refractivity (Wildman–Crippen MR) is 97.3 cm³/mol. The monoisotopic (exact) mass is 357 g/mol. The van der Waals surface area contributed by atoms with Gasteiger partial charge < -0.3 is 10.1 Å². The van der Waals surface area contributed by atoms with Gasteiger partial charge in [-0.25, -0.2) is 9.59 Å². The molecule has 0 unspecified atom stereocenters. The third kappa shape index (κ3) is 6.47. The molecule has 0 aliphatic heterocycles. The van der Waals surface area contributed by atoms with Gasteiger partial charge in [-0.1, -0.05) is 36.4 Å². The van der Waals surface area contributed by atoms with Crippen LogP contribution in [0.2, 0.25) is 0 Å². The van der Waals surface area contributed by atoms with Gasteiger partial charge in [0.15, 0.2) is 5.75 Å². The zero-order chi connectivity index (χ0) is 19.2. The minimum Gasteiger partial charge on any atom is -0.444 e. The summed E-state index contributed by atoms with van der Waals surface area (Å²) in [5.74, 6) is -0.0632. The number of benzene rings is 2. The van der Waals surface area contributed by atoms with E-state index in [-0.39, 0.29) is 0 Å². The molecular weight excluding hydrogens is 334 g/mol. The molecule has 2 aromatic carbocycles. The molecule has 0 fully saturated rings. The lowest BCUT2D eigenvalue weighted by Crippen LogP contribution is -2.32. The summed E-state index contributed by atoms with van der Waals surface area (Å²) >= 11 is 0. The van der Waals surface area contributed by atoms with Crippen molar-refractivity contribution in [3.8, 4) is 16.9 Å². The Morgan fingerprint density at radius 1 is 0.923 bits per heavy atom. The fourth-order valence-electron chi connectivity index (χ4n) is 2.11. The maximum Gasteiger partial charge on any atom is 0.407 e. The molecule has 1 amide bonds. The maximum atomic E-state index is 11.7. The Balaban J connectivity index is 1.92. The standard InChI is InChI=1S/C20H23NO5/c1-14(22)25-26-18-11-9-17(10-12-18)16-7-5-15(6-8-16)13-21-19(23)24-20(2,3)4/h5-12H,13H2,1-4H3,(H,21,23). The third-order valence-corrected chi connectivity index (χ3v) is 3.23. The Labute approximate surface area is 153 Å². The molecule has 0 saturated carbocycles. The Morgan fingerprint density at radius 3 is 1.96 bits per heavy atom. The predicted octanol–water partition coefficient (Wildman–Crippen LogP) is 4.24. The highest BCUT2D eigenvalue weighted by Crippen LogP contribution is 2.23. The molecule has 6 heteroatoms. The molecule has 26 heavy (non-hydrogen) atoms. The van der Waals surface area contributed by atoms with Crippen molar-refractivity contribution in [3.63, 3.8) is 0 Å². The molecule has 0 saturated heterocycles. The van der Waals surface area contributed by atoms with Crippen LogP contribution in [0.15, 0.2) is 48.5 Å². The zero-order valence-corrected chi connectivity index (χ0v) is 15.4. The molecule has 0 aliphatic carbocycles. The van der Waals surface area contributed by atoms with Crippen molar-refractivity contribution in [2.45, 2.75) is 39.8 Å². The van der Waals surface area contributed by atoms with Gasteiger partial charge in [-0.15, -0.1) is 0 Å². The Bertz CT molecular complexity index is 745. The fraction of sp³-hybridized carbons (Fsp3) is 0.300. The van der Waals surface area contributed by atoms with E-state index < -0.39 is 17.7 Å². The smallest absolute Gasteiger partial charge is 0.407 e. The Hall–Kier alpha value is -3.02. The summed E-state index contributed by atoms with van der Waals surface area (Å²) in [5.41, 5.74) is 2.46. The fourth-order valence-corrected chi connectivity index (χ4v) is 2.11. The van der Waals surface area contributed by atoms with Gasteiger partial charge in [0.2, 0.25) is 0 Å². The Morgan fingerprint density at radius 2 is 1.46 bits per heavy atom. The van der Waals surface area contributed by atoms with Gasteiger partial charge in [0.1, 0.15) is 5.60 Å². The molecule has 0 spiro atoms. The van der Waals surface area contributed by atoms with Crippen LogP contribution in [0, 0.1) is 0 Å². The van der Waals surface area contributed by atoms with Crippen LogP contribution in [0.4, 0.5) is 4.79 Å². The molecule has 138 valence electrons. The number of amides is 1. The molecule has 0 radical (unpaired) electrons. The molecule has 0 atom stereocenters. The van der Waals surface area contributed by atoms with Gasteiger partial charge in [0, 0.05) is 13.5 Å². The summed E-state index contributed by atoms with van der Waals surface area (Å²) < 4.78 is 5.21. The van der Waals surface area contributed by atoms with Crippen LogP contribution >= 0.6 is 0 Å². The van der Waals surface area contributed by atoms with E-state index in [1.165, 1.54) is 6.92 Å². The molecule has 2 rings (SSSR count). The van der Waals surface area contributed by atoms with Gasteiger partial charge in [-0.05, 0) is 49.6 Å². The Kier molecular flexibility index (Phi) is 6.22. The summed E-state index contributed by atoms with van der Waals surface area (Å²) in [6, 6.07) is 15.0. The SMILES string of the molecule is CC(=O)OOc1ccc(-c2ccc(CNC(=O)OC(C)(C)C)cc2)cc1. The molecular formula is C20H23NO5. The number of carbonyl (C=O) groups excluding carboxylic acids is 2. The van der Waals surface area contributed by atoms with Crippen LogP contribution in [0.25, 0.3) is 11.1 Å². The van der Waals surface area contributed by atoms with Crippen LogP contribution < -0.4 is 10.2 Å². The van der Waals surface area contributed by atoms with E-state index in [2.05, 4.69) is 10.2 Å². The number of carbonyl (C=O) groups is 2. The van der Waals surface area contributed by atoms with Crippen molar-refractivity contribution in [2.75, 3.05) is 0 Å². The summed E-state index contributed by atoms with van der Waals surface area (Å²) in [7, 11) is 0. The number of hydrogen-bond acceptors (Lipinski definition) is 5. The quantitative estimate of drug-likeness (QED) is 0.640. The summed E-state index contributed by atoms with van der Waals surface area (Å²) in [6.07, 6.45) is -0.440. The maximum absolute atomic E-state index is 11.7. The van der Waals surface area contributed by atoms with Crippen LogP contribution in [0.5, 0.6) is 5.75 Å². The number of alkyl carbamates (subject to hydrolysis) is 1. The van der Waals surface area contributed by atoms with Crippen molar-refractivity contribution in [2.24, 2.45) is 0 Å². The first-order valence-electron chi connectivity index (χ1n) is 8.24. The van der Waals surface area contributed by atoms with E-state index in [4.69, 9.17) is 9.62 Å². The van der Waals surface area contributed by atoms with Gasteiger partial charge in [0.05, 0.1) is 0 Å². The topological polar surface area (TPSA) is 73.9 Å². The molecule has 0 aromatic heterocycles. The van der Waals surface area contributed by atoms with Crippen molar-refractivity contribution in [1.82, 2.24) is 5.32 Å². The minimum absolute atomic E-state index is 0.393. The molecule has 1 N–H and O–H groups in total. The first-order valence-corrected chi connectivity index (χ1v) is 8.24. The summed E-state index contributed by atoms with van der Waals surface area (Å²) in [4.78, 5) is 31.7. The van der Waals surface area contributed by atoms with Crippen molar-refractivity contribution < 1.29 is 24.1 Å². The van der Waals surface area contributed by atoms with Gasteiger partial charge in [0.25, 0.3) is 0 Å². The summed E-state index contributed by atoms with van der Waals surface area (Å²) in [5, 5.41) is 2.73. The van der Waals surface area contributed by atoms with E-state index in [1.54, 1.807) is 12.1 Å². The van der Waals surface area contributed by atoms with Gasteiger partial charge in [-0.2, -0.15) is 0 Å². The number of ether oxygens (including phenoxy) is 1. The van der Waals surface area contributed by atoms with E-state index in [0.717, 1.165) is 16.7 Å². The van der Waals surface area contributed by atoms with E-state index in [9.17, 15) is 9.59 Å². The lowest BCUT2D eigenvalue weighted by Gasteiger charge is -2.19. The normalized spacial score (nSPS) is 10.8. The van der Waals surface area contributed by atoms with E-state index in [0.29, 0.717) is 12.3 Å². The second kappa shape index (κ2) is 8.38. The van der Waals surface area contributed by atoms with Crippen molar-refractivity contribution in [3.05, 3.63) is 54.1 Å². The molecule has 0 aliphatic rings. The van der Waals surface area contributed by atoms with Crippen molar-refractivity contribution >= 4 is 12.1 Å². The highest BCUT2D eigenvalue weighted by molar-refractivity contribution is 5.68. The second-order valence-electron chi connectivity index (χ2n) is 6.73. The molecule has 0 bridgehead atoms. The lowest BCUT2D eigenvalue weighted by atomic mass is 10.0. The largest absolute Gasteiger partial charge is 0.444 e. The van der Waals surface area contributed by atoms with Crippen LogP contribution in [0.3, 0.4) is 0 Å². The van der Waals surface area contributed by atoms with Crippen LogP contribution in [-0.2, 0) is 21.0 Å². The van der Waals surface area contributed by atoms with E-state index >= 15 is 0 Å². The zero-order valence-electron chi connectivity index (χ0n) is 15.4. The van der Waals surface area contributed by atoms with E-state index in [1.807, 2.05) is 57.2 Å². The molecule has 2 aromatic rings. The third-order valence-electron chi connectivity index (χ3n) is 3.23. The van der Waals surface area contributed by atoms with Crippen LogP contribution in [-0.4, -0.2) is 17.7 Å². The van der Waals surface area contributed by atoms with Crippen molar-refractivity contribution in [1.29, 1.82) is 0 Å².